The van der Waals surface area contributed by atoms with Gasteiger partial charge in [0.2, 0.25) is 0 Å². The van der Waals surface area contributed by atoms with Crippen LogP contribution in [0.4, 0.5) is 68.2 Å². The second kappa shape index (κ2) is 42.7. The summed E-state index contributed by atoms with van der Waals surface area (Å²) in [5, 5.41) is 5.24. The summed E-state index contributed by atoms with van der Waals surface area (Å²) in [5.41, 5.74) is 37.5. The van der Waals surface area contributed by atoms with Crippen LogP contribution in [0, 0.1) is 55.4 Å². The molecule has 0 spiro atoms. The molecule has 14 heteroatoms. The van der Waals surface area contributed by atoms with E-state index in [9.17, 15) is 19.2 Å². The van der Waals surface area contributed by atoms with Crippen molar-refractivity contribution in [3.05, 3.63) is 479 Å². The van der Waals surface area contributed by atoms with E-state index in [1.165, 1.54) is 111 Å². The van der Waals surface area contributed by atoms with Gasteiger partial charge in [0.1, 0.15) is 0 Å². The highest BCUT2D eigenvalue weighted by atomic mass is 16.5. The molecule has 0 aliphatic rings. The predicted octanol–water partition coefficient (Wildman–Crippen LogP) is 33.3. The molecule has 2 aromatic heterocycles. The van der Waals surface area contributed by atoms with Gasteiger partial charge in [0, 0.05) is 101 Å². The largest absolute Gasteiger partial charge is 0.462 e. The van der Waals surface area contributed by atoms with Crippen molar-refractivity contribution in [3.63, 3.8) is 0 Å². The number of rotatable bonds is 25. The molecule has 0 saturated heterocycles. The maximum Gasteiger partial charge on any atom is 0.338 e. The number of aryl methyl sites for hydroxylation is 8. The van der Waals surface area contributed by atoms with Crippen LogP contribution in [-0.4, -0.2) is 59.4 Å². The van der Waals surface area contributed by atoms with Crippen LogP contribution in [0.15, 0.2) is 413 Å². The first kappa shape index (κ1) is 95.0. The van der Waals surface area contributed by atoms with E-state index in [1.54, 1.807) is 50.2 Å². The molecule has 2 heterocycles. The number of ether oxygens (including phenoxy) is 4. The molecule has 14 nitrogen and oxygen atoms in total. The Bertz CT molecular complexity index is 7330. The molecular formula is C128H112N6O8. The lowest BCUT2D eigenvalue weighted by atomic mass is 10.0. The molecule has 0 fully saturated rings. The molecule has 0 atom stereocenters. The number of carbonyl (C=O) groups excluding carboxylic acids is 4. The van der Waals surface area contributed by atoms with Crippen LogP contribution < -0.4 is 19.6 Å². The van der Waals surface area contributed by atoms with E-state index in [-0.39, 0.29) is 23.9 Å². The molecule has 0 aliphatic heterocycles. The third-order valence-electron chi connectivity index (χ3n) is 25.6. The van der Waals surface area contributed by atoms with Crippen molar-refractivity contribution in [1.29, 1.82) is 0 Å². The van der Waals surface area contributed by atoms with Gasteiger partial charge in [-0.05, 0) is 371 Å². The number of aromatic nitrogens is 2. The molecule has 0 saturated carbocycles. The highest BCUT2D eigenvalue weighted by Crippen LogP contribution is 2.45. The van der Waals surface area contributed by atoms with Gasteiger partial charge in [-0.25, -0.2) is 19.2 Å². The van der Waals surface area contributed by atoms with Crippen molar-refractivity contribution in [1.82, 2.24) is 9.13 Å². The summed E-state index contributed by atoms with van der Waals surface area (Å²) in [4.78, 5) is 58.4. The fourth-order valence-electron chi connectivity index (χ4n) is 18.3. The van der Waals surface area contributed by atoms with Crippen molar-refractivity contribution in [3.8, 4) is 44.8 Å². The minimum atomic E-state index is -0.343. The number of hydrogen-bond donors (Lipinski definition) is 0. The molecule has 18 aromatic carbocycles. The average molecular weight is 1860 g/mol. The Morgan fingerprint density at radius 2 is 0.373 bits per heavy atom. The van der Waals surface area contributed by atoms with E-state index in [0.29, 0.717) is 48.7 Å². The maximum atomic E-state index is 12.6. The standard InChI is InChI=1S/2C44H40N2O4.C40H32N2/c1-5-49-43(47)35-15-27-41(28-16-35)45(37-19-7-31(3)8-20-37)39-23-11-33(12-24-39)34-13-25-40(26-14-34)46(38-21-9-32(4)10-22-38)42-29-17-36(18-30-42)44(48)50-6-2;1-5-49-43(47)35-9-7-11-41(29-35)45(37-21-13-31(3)14-22-37)39-25-17-33(18-26-39)34-19-27-40(28-20-34)46(38-23-15-32(4)16-24-38)42-12-8-10-36(30-42)44(48)50-6-2;1-25-5-17-37-33(21-25)34-22-26(2)6-18-38(34)41(37)31-13-9-29(10-14-31)30-11-15-32(16-12-30)42-39-19-7-27(3)23-35(39)36-24-28(4)8-20-40(36)42/h2*7-30H,5-6H2,1-4H3;5-24H,1-4H3. The van der Waals surface area contributed by atoms with Gasteiger partial charge >= 0.3 is 23.9 Å². The van der Waals surface area contributed by atoms with Gasteiger partial charge in [0.05, 0.1) is 70.7 Å². The third kappa shape index (κ3) is 20.9. The normalized spacial score (nSPS) is 11.0. The lowest BCUT2D eigenvalue weighted by Gasteiger charge is -2.26. The quantitative estimate of drug-likeness (QED) is 0.0399. The number of hydrogen-bond acceptors (Lipinski definition) is 12. The van der Waals surface area contributed by atoms with Crippen LogP contribution in [0.1, 0.15) is 114 Å². The summed E-state index contributed by atoms with van der Waals surface area (Å²) in [6.07, 6.45) is 0. The van der Waals surface area contributed by atoms with E-state index in [1.807, 2.05) is 74.5 Å². The van der Waals surface area contributed by atoms with E-state index in [2.05, 4.69) is 400 Å². The van der Waals surface area contributed by atoms with Gasteiger partial charge in [0.25, 0.3) is 0 Å². The Kier molecular flexibility index (Phi) is 28.6. The molecule has 142 heavy (non-hydrogen) atoms. The minimum absolute atomic E-state index is 0.319. The first-order valence-electron chi connectivity index (χ1n) is 48.3. The van der Waals surface area contributed by atoms with Gasteiger partial charge in [0.15, 0.2) is 0 Å². The fourth-order valence-corrected chi connectivity index (χ4v) is 18.3. The molecule has 702 valence electrons. The predicted molar refractivity (Wildman–Crippen MR) is 585 cm³/mol. The third-order valence-corrected chi connectivity index (χ3v) is 25.6. The fraction of sp³-hybridized carbons (Fsp3) is 0.125. The average Bonchev–Trinajstić information content (AvgIpc) is 1.59. The van der Waals surface area contributed by atoms with Gasteiger partial charge in [-0.3, -0.25) is 0 Å². The van der Waals surface area contributed by atoms with E-state index >= 15 is 0 Å². The molecular weight excluding hydrogens is 1750 g/mol. The Morgan fingerprint density at radius 1 is 0.190 bits per heavy atom. The Balaban J connectivity index is 0.000000141. The highest BCUT2D eigenvalue weighted by molar-refractivity contribution is 6.11. The Hall–Kier alpha value is -17.4. The lowest BCUT2D eigenvalue weighted by Crippen LogP contribution is -2.12. The van der Waals surface area contributed by atoms with Crippen LogP contribution in [0.5, 0.6) is 0 Å². The number of fused-ring (bicyclic) bond motifs is 6. The zero-order valence-electron chi connectivity index (χ0n) is 82.0. The molecule has 20 rings (SSSR count). The molecule has 0 amide bonds. The first-order valence-corrected chi connectivity index (χ1v) is 48.3. The summed E-state index contributed by atoms with van der Waals surface area (Å²) >= 11 is 0. The number of anilines is 12. The smallest absolute Gasteiger partial charge is 0.338 e. The highest BCUT2D eigenvalue weighted by Gasteiger charge is 2.24. The van der Waals surface area contributed by atoms with Crippen LogP contribution in [0.2, 0.25) is 0 Å². The monoisotopic (exact) mass is 1860 g/mol. The summed E-state index contributed by atoms with van der Waals surface area (Å²) in [7, 11) is 0. The second-order valence-electron chi connectivity index (χ2n) is 35.8. The Morgan fingerprint density at radius 3 is 0.592 bits per heavy atom. The minimum Gasteiger partial charge on any atom is -0.462 e. The lowest BCUT2D eigenvalue weighted by molar-refractivity contribution is 0.0517. The van der Waals surface area contributed by atoms with Crippen molar-refractivity contribution < 1.29 is 38.1 Å². The Labute approximate surface area is 830 Å². The van der Waals surface area contributed by atoms with E-state index in [4.69, 9.17) is 18.9 Å². The van der Waals surface area contributed by atoms with Crippen LogP contribution in [-0.2, 0) is 18.9 Å². The maximum absolute atomic E-state index is 12.6. The topological polar surface area (TPSA) is 128 Å². The van der Waals surface area contributed by atoms with Crippen LogP contribution in [0.25, 0.3) is 88.4 Å². The van der Waals surface area contributed by atoms with Crippen molar-refractivity contribution in [2.75, 3.05) is 46.0 Å². The van der Waals surface area contributed by atoms with Gasteiger partial charge in [-0.15, -0.1) is 0 Å². The second-order valence-corrected chi connectivity index (χ2v) is 35.8. The zero-order chi connectivity index (χ0) is 98.6. The van der Waals surface area contributed by atoms with E-state index in [0.717, 1.165) is 90.5 Å². The molecule has 0 aliphatic carbocycles. The van der Waals surface area contributed by atoms with Gasteiger partial charge in [-0.1, -0.05) is 202 Å². The summed E-state index contributed by atoms with van der Waals surface area (Å²) in [6, 6.07) is 142. The molecule has 0 unspecified atom stereocenters. The molecule has 0 N–H and O–H groups in total. The molecule has 0 radical (unpaired) electrons. The van der Waals surface area contributed by atoms with Gasteiger partial charge < -0.3 is 47.7 Å². The number of nitrogens with zero attached hydrogens (tertiary/aromatic N) is 6. The van der Waals surface area contributed by atoms with Crippen molar-refractivity contribution >= 4 is 136 Å². The van der Waals surface area contributed by atoms with Crippen molar-refractivity contribution in [2.45, 2.75) is 83.1 Å². The van der Waals surface area contributed by atoms with Gasteiger partial charge in [-0.2, -0.15) is 0 Å². The zero-order valence-corrected chi connectivity index (χ0v) is 82.0. The summed E-state index contributed by atoms with van der Waals surface area (Å²) < 4.78 is 25.7. The number of benzene rings is 18. The van der Waals surface area contributed by atoms with Crippen LogP contribution in [0.3, 0.4) is 0 Å². The summed E-state index contributed by atoms with van der Waals surface area (Å²) in [5.74, 6) is -1.34. The van der Waals surface area contributed by atoms with Crippen molar-refractivity contribution in [2.24, 2.45) is 0 Å². The van der Waals surface area contributed by atoms with Crippen LogP contribution >= 0.6 is 0 Å². The summed E-state index contributed by atoms with van der Waals surface area (Å²) in [6.45, 7) is 25.5. The number of carbonyl (C=O) groups is 4. The first-order chi connectivity index (χ1) is 69.1. The van der Waals surface area contributed by atoms with E-state index < -0.39 is 0 Å². The SMILES string of the molecule is CCOC(=O)c1ccc(N(c2ccc(C)cc2)c2ccc(-c3ccc(N(c4ccc(C)cc4)c4ccc(C(=O)OCC)cc4)cc3)cc2)cc1.CCOC(=O)c1cccc(N(c2ccc(C)cc2)c2ccc(-c3ccc(N(c4ccc(C)cc4)c4cccc(C(=O)OCC)c4)cc3)cc2)c1.Cc1ccc2c(c1)c1cc(C)ccc1n2-c1ccc(-c2ccc(-n3c4ccc(C)cc4c4cc(C)ccc43)cc2)cc1. The molecule has 20 aromatic rings. The molecule has 0 bridgehead atoms. The number of esters is 4.